The first kappa shape index (κ1) is 13.3. The molecule has 0 heterocycles. The number of rotatable bonds is 6. The summed E-state index contributed by atoms with van der Waals surface area (Å²) >= 11 is 3.45. The Morgan fingerprint density at radius 3 is 2.81 bits per heavy atom. The van der Waals surface area contributed by atoms with Gasteiger partial charge in [-0.15, -0.1) is 6.58 Å². The minimum Gasteiger partial charge on any atom is -0.398 e. The molecule has 0 spiro atoms. The fraction of sp³-hybridized carbons (Fsp3) is 0.385. The number of hydrogen-bond acceptors (Lipinski definition) is 2. The Morgan fingerprint density at radius 2 is 2.25 bits per heavy atom. The predicted octanol–water partition coefficient (Wildman–Crippen LogP) is 3.43. The minimum absolute atomic E-state index is 0.787. The van der Waals surface area contributed by atoms with Crippen molar-refractivity contribution in [2.24, 2.45) is 0 Å². The van der Waals surface area contributed by atoms with Crippen LogP contribution < -0.4 is 5.73 Å². The number of hydrogen-bond donors (Lipinski definition) is 1. The Hall–Kier alpha value is -0.800. The van der Waals surface area contributed by atoms with Crippen LogP contribution in [0.1, 0.15) is 18.9 Å². The molecule has 0 aliphatic rings. The van der Waals surface area contributed by atoms with Gasteiger partial charge in [-0.2, -0.15) is 0 Å². The molecule has 88 valence electrons. The van der Waals surface area contributed by atoms with Gasteiger partial charge in [-0.25, -0.2) is 0 Å². The van der Waals surface area contributed by atoms with Crippen molar-refractivity contribution in [3.8, 4) is 0 Å². The highest BCUT2D eigenvalue weighted by Gasteiger charge is 2.04. The minimum atomic E-state index is 0.787. The van der Waals surface area contributed by atoms with Crippen LogP contribution in [0.4, 0.5) is 5.69 Å². The van der Waals surface area contributed by atoms with Crippen LogP contribution in [0.5, 0.6) is 0 Å². The third-order valence-corrected chi connectivity index (χ3v) is 3.08. The first-order chi connectivity index (χ1) is 7.67. The molecule has 2 N–H and O–H groups in total. The van der Waals surface area contributed by atoms with Gasteiger partial charge in [-0.1, -0.05) is 19.1 Å². The molecule has 0 radical (unpaired) electrons. The molecule has 0 atom stereocenters. The van der Waals surface area contributed by atoms with Gasteiger partial charge in [0.15, 0.2) is 0 Å². The van der Waals surface area contributed by atoms with E-state index >= 15 is 0 Å². The quantitative estimate of drug-likeness (QED) is 0.640. The number of benzene rings is 1. The predicted molar refractivity (Wildman–Crippen MR) is 74.3 cm³/mol. The zero-order valence-corrected chi connectivity index (χ0v) is 11.3. The highest BCUT2D eigenvalue weighted by atomic mass is 79.9. The summed E-state index contributed by atoms with van der Waals surface area (Å²) < 4.78 is 0.972. The van der Waals surface area contributed by atoms with Crippen LogP contribution in [0.2, 0.25) is 0 Å². The molecule has 0 saturated heterocycles. The molecule has 0 aliphatic carbocycles. The van der Waals surface area contributed by atoms with Crippen molar-refractivity contribution in [2.75, 3.05) is 18.8 Å². The van der Waals surface area contributed by atoms with Crippen molar-refractivity contribution in [2.45, 2.75) is 19.9 Å². The van der Waals surface area contributed by atoms with E-state index in [1.165, 1.54) is 5.56 Å². The summed E-state index contributed by atoms with van der Waals surface area (Å²) in [6, 6.07) is 6.10. The highest BCUT2D eigenvalue weighted by Crippen LogP contribution is 2.21. The summed E-state index contributed by atoms with van der Waals surface area (Å²) in [5.74, 6) is 0. The number of nitrogens with two attached hydrogens (primary N) is 1. The lowest BCUT2D eigenvalue weighted by atomic mass is 10.2. The van der Waals surface area contributed by atoms with Crippen molar-refractivity contribution in [3.05, 3.63) is 40.9 Å². The van der Waals surface area contributed by atoms with Crippen molar-refractivity contribution in [1.82, 2.24) is 4.90 Å². The lowest BCUT2D eigenvalue weighted by Crippen LogP contribution is -2.24. The van der Waals surface area contributed by atoms with E-state index in [1.54, 1.807) is 0 Å². The molecule has 2 nitrogen and oxygen atoms in total. The standard InChI is InChI=1S/C13H19BrN2/c1-3-7-16(8-4-2)10-11-5-6-13(15)12(14)9-11/h3,5-6,9H,1,4,7-8,10,15H2,2H3. The van der Waals surface area contributed by atoms with E-state index in [-0.39, 0.29) is 0 Å². The molecule has 1 rings (SSSR count). The number of nitrogens with zero attached hydrogens (tertiary/aromatic N) is 1. The van der Waals surface area contributed by atoms with E-state index in [0.29, 0.717) is 0 Å². The number of nitrogen functional groups attached to an aromatic ring is 1. The second kappa shape index (κ2) is 6.71. The lowest BCUT2D eigenvalue weighted by Gasteiger charge is -2.20. The molecule has 0 amide bonds. The second-order valence-corrected chi connectivity index (χ2v) is 4.73. The zero-order chi connectivity index (χ0) is 12.0. The average molecular weight is 283 g/mol. The topological polar surface area (TPSA) is 29.3 Å². The van der Waals surface area contributed by atoms with Crippen LogP contribution in [-0.2, 0) is 6.54 Å². The van der Waals surface area contributed by atoms with Crippen molar-refractivity contribution < 1.29 is 0 Å². The second-order valence-electron chi connectivity index (χ2n) is 3.88. The normalized spacial score (nSPS) is 10.7. The highest BCUT2D eigenvalue weighted by molar-refractivity contribution is 9.10. The van der Waals surface area contributed by atoms with E-state index in [9.17, 15) is 0 Å². The summed E-state index contributed by atoms with van der Waals surface area (Å²) in [4.78, 5) is 2.37. The van der Waals surface area contributed by atoms with Gasteiger partial charge in [-0.3, -0.25) is 4.90 Å². The molecule has 0 aromatic heterocycles. The molecule has 0 bridgehead atoms. The van der Waals surface area contributed by atoms with Crippen LogP contribution >= 0.6 is 15.9 Å². The van der Waals surface area contributed by atoms with E-state index in [0.717, 1.165) is 36.2 Å². The average Bonchev–Trinajstić information content (AvgIpc) is 2.24. The molecule has 1 aromatic rings. The Labute approximate surface area is 106 Å². The van der Waals surface area contributed by atoms with Gasteiger partial charge in [0.05, 0.1) is 0 Å². The van der Waals surface area contributed by atoms with E-state index in [1.807, 2.05) is 12.1 Å². The van der Waals surface area contributed by atoms with Crippen molar-refractivity contribution in [1.29, 1.82) is 0 Å². The Kier molecular flexibility index (Phi) is 5.56. The van der Waals surface area contributed by atoms with Gasteiger partial charge >= 0.3 is 0 Å². The lowest BCUT2D eigenvalue weighted by molar-refractivity contribution is 0.295. The fourth-order valence-electron chi connectivity index (χ4n) is 1.66. The van der Waals surface area contributed by atoms with Crippen LogP contribution in [-0.4, -0.2) is 18.0 Å². The third kappa shape index (κ3) is 3.99. The summed E-state index contributed by atoms with van der Waals surface area (Å²) in [6.45, 7) is 8.94. The van der Waals surface area contributed by atoms with Crippen LogP contribution in [0.15, 0.2) is 35.3 Å². The molecule has 0 saturated carbocycles. The van der Waals surface area contributed by atoms with Crippen LogP contribution in [0.3, 0.4) is 0 Å². The van der Waals surface area contributed by atoms with E-state index in [2.05, 4.69) is 46.5 Å². The number of halogens is 1. The van der Waals surface area contributed by atoms with E-state index < -0.39 is 0 Å². The largest absolute Gasteiger partial charge is 0.398 e. The molecule has 0 aliphatic heterocycles. The van der Waals surface area contributed by atoms with Gasteiger partial charge in [0.25, 0.3) is 0 Å². The summed E-state index contributed by atoms with van der Waals surface area (Å²) in [5, 5.41) is 0. The first-order valence-electron chi connectivity index (χ1n) is 5.54. The smallest absolute Gasteiger partial charge is 0.0458 e. The third-order valence-electron chi connectivity index (χ3n) is 2.40. The Morgan fingerprint density at radius 1 is 1.50 bits per heavy atom. The summed E-state index contributed by atoms with van der Waals surface area (Å²) in [7, 11) is 0. The van der Waals surface area contributed by atoms with E-state index in [4.69, 9.17) is 5.73 Å². The molecular weight excluding hydrogens is 264 g/mol. The number of anilines is 1. The monoisotopic (exact) mass is 282 g/mol. The molecule has 3 heteroatoms. The Bertz CT molecular complexity index is 350. The molecule has 16 heavy (non-hydrogen) atoms. The van der Waals surface area contributed by atoms with Crippen LogP contribution in [0.25, 0.3) is 0 Å². The Balaban J connectivity index is 2.68. The first-order valence-corrected chi connectivity index (χ1v) is 6.33. The van der Waals surface area contributed by atoms with Crippen LogP contribution in [0, 0.1) is 0 Å². The maximum absolute atomic E-state index is 5.76. The molecular formula is C13H19BrN2. The SMILES string of the molecule is C=CCN(CCC)Cc1ccc(N)c(Br)c1. The van der Waals surface area contributed by atoms with Gasteiger partial charge in [0.1, 0.15) is 0 Å². The van der Waals surface area contributed by atoms with Crippen molar-refractivity contribution >= 4 is 21.6 Å². The van der Waals surface area contributed by atoms with Gasteiger partial charge in [0.2, 0.25) is 0 Å². The molecule has 0 unspecified atom stereocenters. The summed E-state index contributed by atoms with van der Waals surface area (Å²) in [6.07, 6.45) is 3.10. The zero-order valence-electron chi connectivity index (χ0n) is 9.75. The van der Waals surface area contributed by atoms with Crippen molar-refractivity contribution in [3.63, 3.8) is 0 Å². The fourth-order valence-corrected chi connectivity index (χ4v) is 2.09. The van der Waals surface area contributed by atoms with Gasteiger partial charge in [0, 0.05) is 23.2 Å². The maximum atomic E-state index is 5.76. The maximum Gasteiger partial charge on any atom is 0.0458 e. The summed E-state index contributed by atoms with van der Waals surface area (Å²) in [5.41, 5.74) is 7.82. The molecule has 0 fully saturated rings. The molecule has 1 aromatic carbocycles. The van der Waals surface area contributed by atoms with Gasteiger partial charge < -0.3 is 5.73 Å². The van der Waals surface area contributed by atoms with Gasteiger partial charge in [-0.05, 0) is 46.6 Å².